The van der Waals surface area contributed by atoms with Crippen molar-refractivity contribution >= 4 is 40.0 Å². The highest BCUT2D eigenvalue weighted by Crippen LogP contribution is 2.36. The van der Waals surface area contributed by atoms with Gasteiger partial charge >= 0.3 is 0 Å². The van der Waals surface area contributed by atoms with Crippen molar-refractivity contribution in [3.8, 4) is 5.75 Å². The zero-order valence-corrected chi connectivity index (χ0v) is 17.6. The van der Waals surface area contributed by atoms with Crippen LogP contribution in [0.5, 0.6) is 5.75 Å². The van der Waals surface area contributed by atoms with Crippen LogP contribution >= 0.6 is 11.6 Å². The molecule has 0 saturated carbocycles. The molecule has 0 radical (unpaired) electrons. The molecule has 3 rings (SSSR count). The summed E-state index contributed by atoms with van der Waals surface area (Å²) in [5.41, 5.74) is 6.38. The molecule has 0 spiro atoms. The lowest BCUT2D eigenvalue weighted by molar-refractivity contribution is 0.416. The number of halogens is 1. The summed E-state index contributed by atoms with van der Waals surface area (Å²) in [5.74, 6) is 1.48. The normalized spacial score (nSPS) is 11.1. The van der Waals surface area contributed by atoms with Gasteiger partial charge in [-0.3, -0.25) is 0 Å². The van der Waals surface area contributed by atoms with E-state index in [9.17, 15) is 0 Å². The predicted octanol–water partition coefficient (Wildman–Crippen LogP) is 5.44. The van der Waals surface area contributed by atoms with E-state index in [1.807, 2.05) is 26.1 Å². The number of aromatic nitrogens is 2. The Hall–Kier alpha value is -2.40. The summed E-state index contributed by atoms with van der Waals surface area (Å²) in [6.07, 6.45) is 0. The number of methoxy groups -OCH3 is 1. The van der Waals surface area contributed by atoms with Gasteiger partial charge in [-0.25, -0.2) is 4.98 Å². The Kier molecular flexibility index (Phi) is 5.51. The number of hydrogen-bond acceptors (Lipinski definition) is 4. The number of hydrogen-bond donors (Lipinski definition) is 1. The molecule has 0 bridgehead atoms. The molecule has 0 aliphatic carbocycles. The molecule has 27 heavy (non-hydrogen) atoms. The van der Waals surface area contributed by atoms with Crippen LogP contribution in [0.1, 0.15) is 25.0 Å². The highest BCUT2D eigenvalue weighted by molar-refractivity contribution is 6.31. The van der Waals surface area contributed by atoms with Gasteiger partial charge in [0.1, 0.15) is 5.75 Å². The van der Waals surface area contributed by atoms with E-state index in [2.05, 4.69) is 47.7 Å². The standard InChI is InChI=1S/C21H27ClN4O/c1-7-26(8-2)16-10-9-13(3)19-20(16)25(5)21(24-19)23-18-14(4)11-15(22)12-17(18)27-6/h9-12H,7-8H2,1-6H3,(H,23,24). The minimum atomic E-state index is 0.652. The molecule has 6 heteroatoms. The minimum absolute atomic E-state index is 0.652. The quantitative estimate of drug-likeness (QED) is 0.612. The molecule has 0 unspecified atom stereocenters. The van der Waals surface area contributed by atoms with Crippen LogP contribution < -0.4 is 15.0 Å². The summed E-state index contributed by atoms with van der Waals surface area (Å²) in [6, 6.07) is 8.05. The number of nitrogens with zero attached hydrogens (tertiary/aromatic N) is 3. The van der Waals surface area contributed by atoms with Crippen LogP contribution in [-0.4, -0.2) is 29.8 Å². The van der Waals surface area contributed by atoms with Gasteiger partial charge in [0.05, 0.1) is 29.5 Å². The highest BCUT2D eigenvalue weighted by atomic mass is 35.5. The first kappa shape index (κ1) is 19.4. The fourth-order valence-electron chi connectivity index (χ4n) is 3.51. The first-order valence-electron chi connectivity index (χ1n) is 9.23. The van der Waals surface area contributed by atoms with E-state index in [-0.39, 0.29) is 0 Å². The Bertz CT molecular complexity index is 976. The van der Waals surface area contributed by atoms with Gasteiger partial charge in [-0.1, -0.05) is 17.7 Å². The second-order valence-electron chi connectivity index (χ2n) is 6.69. The van der Waals surface area contributed by atoms with Crippen LogP contribution in [0.4, 0.5) is 17.3 Å². The van der Waals surface area contributed by atoms with E-state index in [0.29, 0.717) is 10.8 Å². The first-order valence-corrected chi connectivity index (χ1v) is 9.61. The first-order chi connectivity index (χ1) is 12.9. The molecule has 5 nitrogen and oxygen atoms in total. The van der Waals surface area contributed by atoms with Crippen molar-refractivity contribution in [1.82, 2.24) is 9.55 Å². The monoisotopic (exact) mass is 386 g/mol. The third-order valence-corrected chi connectivity index (χ3v) is 5.25. The third kappa shape index (κ3) is 3.44. The lowest BCUT2D eigenvalue weighted by atomic mass is 10.1. The molecular formula is C21H27ClN4O. The average molecular weight is 387 g/mol. The Morgan fingerprint density at radius 3 is 2.48 bits per heavy atom. The molecule has 0 aliphatic heterocycles. The van der Waals surface area contributed by atoms with Crippen LogP contribution in [0.15, 0.2) is 24.3 Å². The van der Waals surface area contributed by atoms with Gasteiger partial charge in [0.2, 0.25) is 5.95 Å². The van der Waals surface area contributed by atoms with Gasteiger partial charge in [0, 0.05) is 31.2 Å². The molecule has 0 fully saturated rings. The summed E-state index contributed by atoms with van der Waals surface area (Å²) in [5, 5.41) is 4.11. The van der Waals surface area contributed by atoms with E-state index in [1.165, 1.54) is 5.69 Å². The maximum Gasteiger partial charge on any atom is 0.208 e. The zero-order chi connectivity index (χ0) is 19.7. The number of aryl methyl sites for hydroxylation is 3. The van der Waals surface area contributed by atoms with Gasteiger partial charge in [0.15, 0.2) is 0 Å². The summed E-state index contributed by atoms with van der Waals surface area (Å²) < 4.78 is 7.64. The highest BCUT2D eigenvalue weighted by Gasteiger charge is 2.18. The number of imidazole rings is 1. The number of benzene rings is 2. The predicted molar refractivity (Wildman–Crippen MR) is 115 cm³/mol. The maximum atomic E-state index is 6.17. The topological polar surface area (TPSA) is 42.3 Å². The number of ether oxygens (including phenoxy) is 1. The molecule has 0 aliphatic rings. The number of rotatable bonds is 6. The fourth-order valence-corrected chi connectivity index (χ4v) is 3.77. The molecule has 3 aromatic rings. The second-order valence-corrected chi connectivity index (χ2v) is 7.13. The Morgan fingerprint density at radius 2 is 1.85 bits per heavy atom. The van der Waals surface area contributed by atoms with Crippen molar-refractivity contribution in [2.75, 3.05) is 30.4 Å². The Labute approximate surface area is 165 Å². The van der Waals surface area contributed by atoms with Crippen LogP contribution in [-0.2, 0) is 7.05 Å². The molecule has 144 valence electrons. The van der Waals surface area contributed by atoms with E-state index >= 15 is 0 Å². The van der Waals surface area contributed by atoms with E-state index in [4.69, 9.17) is 21.3 Å². The fraction of sp³-hybridized carbons (Fsp3) is 0.381. The molecule has 0 saturated heterocycles. The van der Waals surface area contributed by atoms with Crippen LogP contribution in [0, 0.1) is 13.8 Å². The van der Waals surface area contributed by atoms with Crippen LogP contribution in [0.3, 0.4) is 0 Å². The maximum absolute atomic E-state index is 6.17. The lowest BCUT2D eigenvalue weighted by Crippen LogP contribution is -2.22. The SMILES string of the molecule is CCN(CC)c1ccc(C)c2nc(Nc3c(C)cc(Cl)cc3OC)n(C)c12. The van der Waals surface area contributed by atoms with E-state index in [1.54, 1.807) is 7.11 Å². The Balaban J connectivity index is 2.16. The molecule has 1 heterocycles. The number of anilines is 3. The van der Waals surface area contributed by atoms with E-state index in [0.717, 1.165) is 46.9 Å². The molecule has 1 N–H and O–H groups in total. The Morgan fingerprint density at radius 1 is 1.15 bits per heavy atom. The largest absolute Gasteiger partial charge is 0.495 e. The van der Waals surface area contributed by atoms with Crippen molar-refractivity contribution in [2.45, 2.75) is 27.7 Å². The van der Waals surface area contributed by atoms with Crippen molar-refractivity contribution in [3.05, 3.63) is 40.4 Å². The van der Waals surface area contributed by atoms with Gasteiger partial charge in [-0.2, -0.15) is 0 Å². The van der Waals surface area contributed by atoms with Gasteiger partial charge < -0.3 is 19.5 Å². The zero-order valence-electron chi connectivity index (χ0n) is 16.9. The van der Waals surface area contributed by atoms with Gasteiger partial charge in [-0.05, 0) is 51.0 Å². The van der Waals surface area contributed by atoms with E-state index < -0.39 is 0 Å². The summed E-state index contributed by atoms with van der Waals surface area (Å²) in [4.78, 5) is 7.24. The second kappa shape index (κ2) is 7.69. The van der Waals surface area contributed by atoms with Crippen molar-refractivity contribution < 1.29 is 4.74 Å². The smallest absolute Gasteiger partial charge is 0.208 e. The molecular weight excluding hydrogens is 360 g/mol. The van der Waals surface area contributed by atoms with Gasteiger partial charge in [-0.15, -0.1) is 0 Å². The number of nitrogens with one attached hydrogen (secondary N) is 1. The minimum Gasteiger partial charge on any atom is -0.495 e. The number of fused-ring (bicyclic) bond motifs is 1. The summed E-state index contributed by atoms with van der Waals surface area (Å²) in [6.45, 7) is 10.4. The van der Waals surface area contributed by atoms with Crippen molar-refractivity contribution in [1.29, 1.82) is 0 Å². The van der Waals surface area contributed by atoms with Crippen molar-refractivity contribution in [3.63, 3.8) is 0 Å². The molecule has 0 atom stereocenters. The molecule has 0 amide bonds. The molecule has 2 aromatic carbocycles. The summed E-state index contributed by atoms with van der Waals surface area (Å²) in [7, 11) is 3.69. The lowest BCUT2D eigenvalue weighted by Gasteiger charge is -2.22. The van der Waals surface area contributed by atoms with Crippen LogP contribution in [0.2, 0.25) is 5.02 Å². The third-order valence-electron chi connectivity index (χ3n) is 5.03. The molecule has 1 aromatic heterocycles. The van der Waals surface area contributed by atoms with Crippen LogP contribution in [0.25, 0.3) is 11.0 Å². The van der Waals surface area contributed by atoms with Gasteiger partial charge in [0.25, 0.3) is 0 Å². The van der Waals surface area contributed by atoms with Crippen molar-refractivity contribution in [2.24, 2.45) is 7.05 Å². The average Bonchev–Trinajstić information content (AvgIpc) is 2.97. The summed E-state index contributed by atoms with van der Waals surface area (Å²) >= 11 is 6.17.